The van der Waals surface area contributed by atoms with Crippen LogP contribution in [0.4, 0.5) is 0 Å². The lowest BCUT2D eigenvalue weighted by atomic mass is 10.4. The first-order valence-electron chi connectivity index (χ1n) is 3.81. The molecule has 0 radical (unpaired) electrons. The van der Waals surface area contributed by atoms with Crippen LogP contribution in [0.5, 0.6) is 5.88 Å². The Hall–Kier alpha value is -1.10. The highest BCUT2D eigenvalue weighted by Gasteiger charge is 2.10. The topological polar surface area (TPSA) is 50.4 Å². The Labute approximate surface area is 83.3 Å². The monoisotopic (exact) mass is 241 g/mol. The summed E-state index contributed by atoms with van der Waals surface area (Å²) < 4.78 is 2.23. The molecule has 68 valence electrons. The maximum atomic E-state index is 9.53. The quantitative estimate of drug-likeness (QED) is 0.766. The minimum Gasteiger partial charge on any atom is -0.493 e. The lowest BCUT2D eigenvalue weighted by Gasteiger charge is -1.97. The summed E-state index contributed by atoms with van der Waals surface area (Å²) in [4.78, 5) is 4.25. The average molecular weight is 242 g/mol. The summed E-state index contributed by atoms with van der Waals surface area (Å²) in [5.74, 6) is 0.108. The SMILES string of the molecule is Cc1cc(O)n2nc(C)c(Br)c2n1. The zero-order valence-electron chi connectivity index (χ0n) is 7.24. The molecule has 2 rings (SSSR count). The third-order valence-electron chi connectivity index (χ3n) is 1.80. The van der Waals surface area contributed by atoms with E-state index in [4.69, 9.17) is 0 Å². The Morgan fingerprint density at radius 1 is 1.46 bits per heavy atom. The fourth-order valence-corrected chi connectivity index (χ4v) is 1.54. The Balaban J connectivity index is 2.94. The molecule has 2 aromatic rings. The molecule has 5 heteroatoms. The van der Waals surface area contributed by atoms with Gasteiger partial charge < -0.3 is 5.11 Å². The first-order valence-corrected chi connectivity index (χ1v) is 4.60. The summed E-state index contributed by atoms with van der Waals surface area (Å²) >= 11 is 3.36. The van der Waals surface area contributed by atoms with Gasteiger partial charge in [0.2, 0.25) is 5.88 Å². The molecule has 0 aliphatic carbocycles. The van der Waals surface area contributed by atoms with Crippen molar-refractivity contribution >= 4 is 21.6 Å². The van der Waals surface area contributed by atoms with E-state index in [1.54, 1.807) is 6.07 Å². The van der Waals surface area contributed by atoms with Crippen molar-refractivity contribution in [2.45, 2.75) is 13.8 Å². The number of halogens is 1. The molecule has 0 aromatic carbocycles. The van der Waals surface area contributed by atoms with E-state index in [9.17, 15) is 5.11 Å². The van der Waals surface area contributed by atoms with Gasteiger partial charge in [0.15, 0.2) is 5.65 Å². The number of fused-ring (bicyclic) bond motifs is 1. The van der Waals surface area contributed by atoms with Gasteiger partial charge in [-0.15, -0.1) is 0 Å². The molecule has 2 heterocycles. The molecule has 0 fully saturated rings. The normalized spacial score (nSPS) is 11.0. The van der Waals surface area contributed by atoms with E-state index < -0.39 is 0 Å². The fraction of sp³-hybridized carbons (Fsp3) is 0.250. The third kappa shape index (κ3) is 1.19. The average Bonchev–Trinajstić information content (AvgIpc) is 2.32. The van der Waals surface area contributed by atoms with Crippen molar-refractivity contribution in [1.29, 1.82) is 0 Å². The predicted octanol–water partition coefficient (Wildman–Crippen LogP) is 1.81. The summed E-state index contributed by atoms with van der Waals surface area (Å²) in [6, 6.07) is 1.58. The van der Waals surface area contributed by atoms with Gasteiger partial charge in [0.05, 0.1) is 10.2 Å². The Kier molecular flexibility index (Phi) is 1.76. The molecule has 0 spiro atoms. The molecule has 0 saturated heterocycles. The Bertz CT molecular complexity index is 478. The first-order chi connectivity index (χ1) is 6.09. The maximum Gasteiger partial charge on any atom is 0.215 e. The van der Waals surface area contributed by atoms with Crippen molar-refractivity contribution in [1.82, 2.24) is 14.6 Å². The second-order valence-corrected chi connectivity index (χ2v) is 3.68. The molecule has 13 heavy (non-hydrogen) atoms. The number of hydrogen-bond acceptors (Lipinski definition) is 3. The first kappa shape index (κ1) is 8.50. The summed E-state index contributed by atoms with van der Waals surface area (Å²) in [5, 5.41) is 13.6. The zero-order valence-corrected chi connectivity index (χ0v) is 8.83. The highest BCUT2D eigenvalue weighted by Crippen LogP contribution is 2.23. The molecule has 0 aliphatic rings. The Morgan fingerprint density at radius 3 is 2.85 bits per heavy atom. The van der Waals surface area contributed by atoms with Crippen LogP contribution in [0.3, 0.4) is 0 Å². The van der Waals surface area contributed by atoms with Crippen LogP contribution >= 0.6 is 15.9 Å². The Morgan fingerprint density at radius 2 is 2.15 bits per heavy atom. The van der Waals surface area contributed by atoms with Gasteiger partial charge >= 0.3 is 0 Å². The number of rotatable bonds is 0. The van der Waals surface area contributed by atoms with Gasteiger partial charge in [-0.25, -0.2) is 4.98 Å². The number of aromatic nitrogens is 3. The lowest BCUT2D eigenvalue weighted by molar-refractivity contribution is 0.434. The highest BCUT2D eigenvalue weighted by molar-refractivity contribution is 9.10. The van der Waals surface area contributed by atoms with Crippen LogP contribution in [0.2, 0.25) is 0 Å². The highest BCUT2D eigenvalue weighted by atomic mass is 79.9. The van der Waals surface area contributed by atoms with Gasteiger partial charge in [-0.05, 0) is 29.8 Å². The van der Waals surface area contributed by atoms with Crippen LogP contribution in [-0.4, -0.2) is 19.7 Å². The van der Waals surface area contributed by atoms with Gasteiger partial charge in [-0.1, -0.05) is 0 Å². The van der Waals surface area contributed by atoms with Gasteiger partial charge in [0.1, 0.15) is 0 Å². The molecular formula is C8H8BrN3O. The minimum absolute atomic E-state index is 0.108. The molecule has 0 amide bonds. The second-order valence-electron chi connectivity index (χ2n) is 2.89. The van der Waals surface area contributed by atoms with Crippen molar-refractivity contribution in [3.8, 4) is 5.88 Å². The molecular weight excluding hydrogens is 234 g/mol. The van der Waals surface area contributed by atoms with Crippen LogP contribution < -0.4 is 0 Å². The molecule has 0 aliphatic heterocycles. The molecule has 4 nitrogen and oxygen atoms in total. The fourth-order valence-electron chi connectivity index (χ4n) is 1.20. The smallest absolute Gasteiger partial charge is 0.215 e. The number of hydrogen-bond donors (Lipinski definition) is 1. The predicted molar refractivity (Wildman–Crippen MR) is 51.8 cm³/mol. The molecule has 0 saturated carbocycles. The van der Waals surface area contributed by atoms with Crippen molar-refractivity contribution in [2.24, 2.45) is 0 Å². The lowest BCUT2D eigenvalue weighted by Crippen LogP contribution is -1.92. The van der Waals surface area contributed by atoms with E-state index in [1.807, 2.05) is 13.8 Å². The van der Waals surface area contributed by atoms with E-state index in [2.05, 4.69) is 26.0 Å². The van der Waals surface area contributed by atoms with Crippen molar-refractivity contribution in [3.63, 3.8) is 0 Å². The summed E-state index contributed by atoms with van der Waals surface area (Å²) in [6.45, 7) is 3.68. The number of aromatic hydroxyl groups is 1. The van der Waals surface area contributed by atoms with Gasteiger partial charge in [-0.2, -0.15) is 9.61 Å². The molecule has 0 unspecified atom stereocenters. The van der Waals surface area contributed by atoms with E-state index in [0.717, 1.165) is 15.9 Å². The summed E-state index contributed by atoms with van der Waals surface area (Å²) in [6.07, 6.45) is 0. The van der Waals surface area contributed by atoms with Crippen LogP contribution in [-0.2, 0) is 0 Å². The van der Waals surface area contributed by atoms with E-state index in [1.165, 1.54) is 4.52 Å². The van der Waals surface area contributed by atoms with E-state index in [-0.39, 0.29) is 5.88 Å². The standard InChI is InChI=1S/C8H8BrN3O/c1-4-3-6(13)12-8(10-4)7(9)5(2)11-12/h3,13H,1-2H3. The van der Waals surface area contributed by atoms with E-state index in [0.29, 0.717) is 5.65 Å². The van der Waals surface area contributed by atoms with Crippen LogP contribution in [0, 0.1) is 13.8 Å². The summed E-state index contributed by atoms with van der Waals surface area (Å²) in [5.41, 5.74) is 2.23. The van der Waals surface area contributed by atoms with Gasteiger partial charge in [-0.3, -0.25) is 0 Å². The van der Waals surface area contributed by atoms with Crippen molar-refractivity contribution < 1.29 is 5.11 Å². The van der Waals surface area contributed by atoms with Crippen LogP contribution in [0.1, 0.15) is 11.4 Å². The summed E-state index contributed by atoms with van der Waals surface area (Å²) in [7, 11) is 0. The second kappa shape index (κ2) is 2.70. The minimum atomic E-state index is 0.108. The maximum absolute atomic E-state index is 9.53. The van der Waals surface area contributed by atoms with Gasteiger partial charge in [0, 0.05) is 11.8 Å². The zero-order chi connectivity index (χ0) is 9.59. The van der Waals surface area contributed by atoms with Crippen molar-refractivity contribution in [3.05, 3.63) is 21.9 Å². The number of nitrogens with zero attached hydrogens (tertiary/aromatic N) is 3. The molecule has 2 aromatic heterocycles. The molecule has 0 atom stereocenters. The van der Waals surface area contributed by atoms with Gasteiger partial charge in [0.25, 0.3) is 0 Å². The van der Waals surface area contributed by atoms with Crippen LogP contribution in [0.15, 0.2) is 10.5 Å². The number of aryl methyl sites for hydroxylation is 2. The van der Waals surface area contributed by atoms with Crippen molar-refractivity contribution in [2.75, 3.05) is 0 Å². The van der Waals surface area contributed by atoms with E-state index >= 15 is 0 Å². The largest absolute Gasteiger partial charge is 0.493 e. The third-order valence-corrected chi connectivity index (χ3v) is 2.73. The molecule has 0 bridgehead atoms. The van der Waals surface area contributed by atoms with Crippen LogP contribution in [0.25, 0.3) is 5.65 Å². The molecule has 1 N–H and O–H groups in total.